The highest BCUT2D eigenvalue weighted by Crippen LogP contribution is 2.30. The molecule has 0 saturated carbocycles. The molecule has 0 aromatic heterocycles. The van der Waals surface area contributed by atoms with Crippen LogP contribution in [0.2, 0.25) is 0 Å². The van der Waals surface area contributed by atoms with E-state index in [1.54, 1.807) is 6.92 Å². The monoisotopic (exact) mass is 322 g/mol. The molecular formula is C20H22N2O2. The van der Waals surface area contributed by atoms with E-state index in [0.717, 1.165) is 16.7 Å². The first kappa shape index (κ1) is 17.6. The molecule has 0 bridgehead atoms. The van der Waals surface area contributed by atoms with Gasteiger partial charge in [-0.25, -0.2) is 0 Å². The molecule has 0 aliphatic rings. The average Bonchev–Trinajstić information content (AvgIpc) is 2.57. The number of hydrogen-bond acceptors (Lipinski definition) is 4. The summed E-state index contributed by atoms with van der Waals surface area (Å²) < 4.78 is 5.10. The van der Waals surface area contributed by atoms with Crippen molar-refractivity contribution in [1.29, 1.82) is 5.26 Å². The van der Waals surface area contributed by atoms with Gasteiger partial charge >= 0.3 is 5.97 Å². The number of esters is 1. The van der Waals surface area contributed by atoms with Crippen LogP contribution in [-0.2, 0) is 16.0 Å². The van der Waals surface area contributed by atoms with Gasteiger partial charge in [-0.05, 0) is 43.5 Å². The second kappa shape index (κ2) is 8.16. The zero-order chi connectivity index (χ0) is 17.5. The number of carbonyl (C=O) groups is 1. The topological polar surface area (TPSA) is 76.1 Å². The SMILES string of the molecule is CCOC(=O)C(C#N)C(Cc1ccc(N)cc1)c1ccc(C)cc1. The quantitative estimate of drug-likeness (QED) is 0.651. The van der Waals surface area contributed by atoms with Gasteiger partial charge in [-0.1, -0.05) is 42.0 Å². The van der Waals surface area contributed by atoms with Gasteiger partial charge in [0.1, 0.15) is 0 Å². The van der Waals surface area contributed by atoms with Crippen LogP contribution >= 0.6 is 0 Å². The van der Waals surface area contributed by atoms with Crippen LogP contribution in [0.3, 0.4) is 0 Å². The average molecular weight is 322 g/mol. The molecule has 0 radical (unpaired) electrons. The summed E-state index contributed by atoms with van der Waals surface area (Å²) in [5, 5.41) is 9.56. The molecule has 0 amide bonds. The summed E-state index contributed by atoms with van der Waals surface area (Å²) in [6.07, 6.45) is 0.570. The Hall–Kier alpha value is -2.80. The van der Waals surface area contributed by atoms with Crippen LogP contribution < -0.4 is 5.73 Å². The third-order valence-corrected chi connectivity index (χ3v) is 4.02. The summed E-state index contributed by atoms with van der Waals surface area (Å²) in [5.41, 5.74) is 9.54. The number of carbonyl (C=O) groups excluding carboxylic acids is 1. The molecule has 2 unspecified atom stereocenters. The number of anilines is 1. The minimum atomic E-state index is -0.842. The summed E-state index contributed by atoms with van der Waals surface area (Å²) in [6.45, 7) is 4.01. The number of hydrogen-bond donors (Lipinski definition) is 1. The van der Waals surface area contributed by atoms with E-state index in [-0.39, 0.29) is 12.5 Å². The number of nitrogens with two attached hydrogens (primary N) is 1. The molecule has 0 spiro atoms. The lowest BCUT2D eigenvalue weighted by Crippen LogP contribution is -2.25. The summed E-state index contributed by atoms with van der Waals surface area (Å²) in [4.78, 5) is 12.2. The fourth-order valence-electron chi connectivity index (χ4n) is 2.69. The van der Waals surface area contributed by atoms with E-state index >= 15 is 0 Å². The van der Waals surface area contributed by atoms with Crippen LogP contribution in [0, 0.1) is 24.2 Å². The number of benzene rings is 2. The van der Waals surface area contributed by atoms with Gasteiger partial charge in [0.05, 0.1) is 12.7 Å². The second-order valence-corrected chi connectivity index (χ2v) is 5.82. The Morgan fingerprint density at radius 1 is 1.17 bits per heavy atom. The van der Waals surface area contributed by atoms with Gasteiger partial charge in [0, 0.05) is 11.6 Å². The van der Waals surface area contributed by atoms with Gasteiger partial charge in [0.25, 0.3) is 0 Å². The van der Waals surface area contributed by atoms with E-state index in [1.165, 1.54) is 0 Å². The van der Waals surface area contributed by atoms with Gasteiger partial charge in [-0.2, -0.15) is 5.26 Å². The maximum absolute atomic E-state index is 12.2. The molecule has 2 N–H and O–H groups in total. The van der Waals surface area contributed by atoms with Crippen LogP contribution in [0.15, 0.2) is 48.5 Å². The van der Waals surface area contributed by atoms with Crippen molar-refractivity contribution in [2.45, 2.75) is 26.2 Å². The minimum Gasteiger partial charge on any atom is -0.465 e. The maximum Gasteiger partial charge on any atom is 0.323 e. The molecule has 0 fully saturated rings. The van der Waals surface area contributed by atoms with Crippen LogP contribution in [-0.4, -0.2) is 12.6 Å². The van der Waals surface area contributed by atoms with Crippen molar-refractivity contribution >= 4 is 11.7 Å². The molecule has 4 heteroatoms. The summed E-state index contributed by atoms with van der Waals surface area (Å²) in [5.74, 6) is -1.58. The molecule has 2 atom stereocenters. The molecule has 0 aliphatic carbocycles. The van der Waals surface area contributed by atoms with Gasteiger partial charge in [0.15, 0.2) is 5.92 Å². The first-order chi connectivity index (χ1) is 11.5. The molecular weight excluding hydrogens is 300 g/mol. The summed E-state index contributed by atoms with van der Waals surface area (Å²) in [6, 6.07) is 17.6. The lowest BCUT2D eigenvalue weighted by molar-refractivity contribution is -0.146. The van der Waals surface area contributed by atoms with Crippen molar-refractivity contribution in [1.82, 2.24) is 0 Å². The van der Waals surface area contributed by atoms with E-state index in [0.29, 0.717) is 12.1 Å². The molecule has 24 heavy (non-hydrogen) atoms. The Labute approximate surface area is 142 Å². The third kappa shape index (κ3) is 4.36. The van der Waals surface area contributed by atoms with E-state index in [2.05, 4.69) is 6.07 Å². The van der Waals surface area contributed by atoms with E-state index in [4.69, 9.17) is 10.5 Å². The maximum atomic E-state index is 12.2. The Morgan fingerprint density at radius 3 is 2.33 bits per heavy atom. The van der Waals surface area contributed by atoms with Crippen molar-refractivity contribution in [2.75, 3.05) is 12.3 Å². The number of ether oxygens (including phenoxy) is 1. The lowest BCUT2D eigenvalue weighted by atomic mass is 9.82. The zero-order valence-electron chi connectivity index (χ0n) is 14.0. The molecule has 2 aromatic carbocycles. The largest absolute Gasteiger partial charge is 0.465 e. The van der Waals surface area contributed by atoms with Crippen LogP contribution in [0.5, 0.6) is 0 Å². The Morgan fingerprint density at radius 2 is 1.79 bits per heavy atom. The second-order valence-electron chi connectivity index (χ2n) is 5.82. The number of nitrogens with zero attached hydrogens (tertiary/aromatic N) is 1. The molecule has 4 nitrogen and oxygen atoms in total. The highest BCUT2D eigenvalue weighted by atomic mass is 16.5. The lowest BCUT2D eigenvalue weighted by Gasteiger charge is -2.22. The first-order valence-corrected chi connectivity index (χ1v) is 8.02. The predicted molar refractivity (Wildman–Crippen MR) is 94.2 cm³/mol. The fraction of sp³-hybridized carbons (Fsp3) is 0.300. The summed E-state index contributed by atoms with van der Waals surface area (Å²) >= 11 is 0. The summed E-state index contributed by atoms with van der Waals surface area (Å²) in [7, 11) is 0. The van der Waals surface area contributed by atoms with Crippen molar-refractivity contribution < 1.29 is 9.53 Å². The highest BCUT2D eigenvalue weighted by molar-refractivity contribution is 5.76. The highest BCUT2D eigenvalue weighted by Gasteiger charge is 2.31. The first-order valence-electron chi connectivity index (χ1n) is 8.02. The van der Waals surface area contributed by atoms with Crippen LogP contribution in [0.25, 0.3) is 0 Å². The van der Waals surface area contributed by atoms with Crippen LogP contribution in [0.1, 0.15) is 29.5 Å². The van der Waals surface area contributed by atoms with Gasteiger partial charge in [-0.15, -0.1) is 0 Å². The Bertz CT molecular complexity index is 715. The van der Waals surface area contributed by atoms with E-state index in [1.807, 2.05) is 55.5 Å². The number of aryl methyl sites for hydroxylation is 1. The predicted octanol–water partition coefficient (Wildman–Crippen LogP) is 3.61. The van der Waals surface area contributed by atoms with Crippen molar-refractivity contribution in [2.24, 2.45) is 5.92 Å². The smallest absolute Gasteiger partial charge is 0.323 e. The number of nitriles is 1. The Kier molecular flexibility index (Phi) is 5.97. The molecule has 0 aliphatic heterocycles. The van der Waals surface area contributed by atoms with Gasteiger partial charge in [-0.3, -0.25) is 4.79 Å². The molecule has 124 valence electrons. The van der Waals surface area contributed by atoms with Gasteiger partial charge < -0.3 is 10.5 Å². The third-order valence-electron chi connectivity index (χ3n) is 4.02. The Balaban J connectivity index is 2.36. The number of nitrogen functional groups attached to an aromatic ring is 1. The van der Waals surface area contributed by atoms with Crippen molar-refractivity contribution in [3.05, 3.63) is 65.2 Å². The number of rotatable bonds is 6. The van der Waals surface area contributed by atoms with E-state index < -0.39 is 11.9 Å². The normalized spacial score (nSPS) is 12.9. The fourth-order valence-corrected chi connectivity index (χ4v) is 2.69. The van der Waals surface area contributed by atoms with Crippen molar-refractivity contribution in [3.8, 4) is 6.07 Å². The molecule has 0 saturated heterocycles. The van der Waals surface area contributed by atoms with Crippen LogP contribution in [0.4, 0.5) is 5.69 Å². The zero-order valence-corrected chi connectivity index (χ0v) is 14.0. The minimum absolute atomic E-state index is 0.263. The van der Waals surface area contributed by atoms with E-state index in [9.17, 15) is 10.1 Å². The van der Waals surface area contributed by atoms with Gasteiger partial charge in [0.2, 0.25) is 0 Å². The van der Waals surface area contributed by atoms with Crippen molar-refractivity contribution in [3.63, 3.8) is 0 Å². The molecule has 2 aromatic rings. The molecule has 0 heterocycles. The molecule has 2 rings (SSSR count). The standard InChI is InChI=1S/C20H22N2O2/c1-3-24-20(23)19(13-21)18(16-8-4-14(2)5-9-16)12-15-6-10-17(22)11-7-15/h4-11,18-19H,3,12,22H2,1-2H3.